The van der Waals surface area contributed by atoms with Crippen molar-refractivity contribution in [2.45, 2.75) is 40.3 Å². The van der Waals surface area contributed by atoms with Gasteiger partial charge in [-0.05, 0) is 43.2 Å². The SMILES string of the molecule is Cc1ccc(F)c(Oc2ncc(CNC(C)C)cc2C)c1. The number of rotatable bonds is 5. The van der Waals surface area contributed by atoms with Crippen molar-refractivity contribution in [1.29, 1.82) is 0 Å². The van der Waals surface area contributed by atoms with Crippen LogP contribution in [0.4, 0.5) is 4.39 Å². The molecule has 0 unspecified atom stereocenters. The molecule has 0 aliphatic carbocycles. The Morgan fingerprint density at radius 2 is 2.00 bits per heavy atom. The zero-order valence-corrected chi connectivity index (χ0v) is 12.9. The largest absolute Gasteiger partial charge is 0.436 e. The molecule has 0 amide bonds. The average Bonchev–Trinajstić information content (AvgIpc) is 2.43. The van der Waals surface area contributed by atoms with Crippen LogP contribution in [0.5, 0.6) is 11.6 Å². The lowest BCUT2D eigenvalue weighted by molar-refractivity contribution is 0.423. The lowest BCUT2D eigenvalue weighted by atomic mass is 10.2. The van der Waals surface area contributed by atoms with Crippen LogP contribution < -0.4 is 10.1 Å². The Bertz CT molecular complexity index is 626. The summed E-state index contributed by atoms with van der Waals surface area (Å²) in [6.45, 7) is 8.75. The highest BCUT2D eigenvalue weighted by molar-refractivity contribution is 5.36. The Morgan fingerprint density at radius 3 is 2.67 bits per heavy atom. The summed E-state index contributed by atoms with van der Waals surface area (Å²) in [6, 6.07) is 7.21. The van der Waals surface area contributed by atoms with Crippen molar-refractivity contribution in [1.82, 2.24) is 10.3 Å². The average molecular weight is 288 g/mol. The third kappa shape index (κ3) is 4.26. The summed E-state index contributed by atoms with van der Waals surface area (Å²) < 4.78 is 19.3. The van der Waals surface area contributed by atoms with Crippen LogP contribution >= 0.6 is 0 Å². The van der Waals surface area contributed by atoms with Crippen molar-refractivity contribution < 1.29 is 9.13 Å². The first-order valence-electron chi connectivity index (χ1n) is 7.08. The zero-order chi connectivity index (χ0) is 15.4. The van der Waals surface area contributed by atoms with Crippen molar-refractivity contribution in [3.05, 3.63) is 53.0 Å². The number of halogens is 1. The molecule has 1 aromatic heterocycles. The van der Waals surface area contributed by atoms with Gasteiger partial charge in [-0.1, -0.05) is 19.9 Å². The molecular weight excluding hydrogens is 267 g/mol. The zero-order valence-electron chi connectivity index (χ0n) is 12.9. The first kappa shape index (κ1) is 15.4. The van der Waals surface area contributed by atoms with Crippen molar-refractivity contribution >= 4 is 0 Å². The molecule has 2 aromatic rings. The van der Waals surface area contributed by atoms with E-state index in [0.717, 1.165) is 23.2 Å². The van der Waals surface area contributed by atoms with E-state index in [-0.39, 0.29) is 11.6 Å². The number of aryl methyl sites for hydroxylation is 2. The predicted molar refractivity (Wildman–Crippen MR) is 82.2 cm³/mol. The fourth-order valence-electron chi connectivity index (χ4n) is 1.94. The summed E-state index contributed by atoms with van der Waals surface area (Å²) in [5.41, 5.74) is 2.92. The fourth-order valence-corrected chi connectivity index (χ4v) is 1.94. The van der Waals surface area contributed by atoms with E-state index in [1.807, 2.05) is 19.9 Å². The van der Waals surface area contributed by atoms with Gasteiger partial charge in [0, 0.05) is 24.3 Å². The summed E-state index contributed by atoms with van der Waals surface area (Å²) in [5.74, 6) is 0.263. The van der Waals surface area contributed by atoms with Crippen LogP contribution in [-0.2, 0) is 6.54 Å². The third-order valence-corrected chi connectivity index (χ3v) is 3.09. The molecule has 0 aliphatic heterocycles. The Balaban J connectivity index is 2.15. The van der Waals surface area contributed by atoms with E-state index in [1.54, 1.807) is 18.3 Å². The van der Waals surface area contributed by atoms with Crippen LogP contribution in [0.2, 0.25) is 0 Å². The molecule has 0 aliphatic rings. The summed E-state index contributed by atoms with van der Waals surface area (Å²) in [6.07, 6.45) is 1.76. The van der Waals surface area contributed by atoms with E-state index < -0.39 is 0 Å². The molecule has 112 valence electrons. The number of nitrogens with one attached hydrogen (secondary N) is 1. The van der Waals surface area contributed by atoms with Gasteiger partial charge in [-0.3, -0.25) is 0 Å². The number of hydrogen-bond acceptors (Lipinski definition) is 3. The van der Waals surface area contributed by atoms with Crippen molar-refractivity contribution in [2.24, 2.45) is 0 Å². The summed E-state index contributed by atoms with van der Waals surface area (Å²) >= 11 is 0. The molecule has 1 heterocycles. The summed E-state index contributed by atoms with van der Waals surface area (Å²) in [5, 5.41) is 3.33. The Kier molecular flexibility index (Phi) is 4.91. The minimum atomic E-state index is -0.382. The highest BCUT2D eigenvalue weighted by atomic mass is 19.1. The van der Waals surface area contributed by atoms with Crippen LogP contribution in [0.3, 0.4) is 0 Å². The first-order valence-corrected chi connectivity index (χ1v) is 7.08. The lowest BCUT2D eigenvalue weighted by Crippen LogP contribution is -2.21. The van der Waals surface area contributed by atoms with Crippen molar-refractivity contribution in [3.63, 3.8) is 0 Å². The number of ether oxygens (including phenoxy) is 1. The van der Waals surface area contributed by atoms with Gasteiger partial charge in [-0.2, -0.15) is 0 Å². The van der Waals surface area contributed by atoms with Gasteiger partial charge in [0.05, 0.1) is 0 Å². The van der Waals surface area contributed by atoms with Crippen LogP contribution in [0.25, 0.3) is 0 Å². The predicted octanol–water partition coefficient (Wildman–Crippen LogP) is 4.13. The molecule has 4 heteroatoms. The number of aromatic nitrogens is 1. The first-order chi connectivity index (χ1) is 9.95. The topological polar surface area (TPSA) is 34.1 Å². The fraction of sp³-hybridized carbons (Fsp3) is 0.353. The van der Waals surface area contributed by atoms with Gasteiger partial charge >= 0.3 is 0 Å². The maximum atomic E-state index is 13.7. The molecule has 0 radical (unpaired) electrons. The highest BCUT2D eigenvalue weighted by Crippen LogP contribution is 2.26. The number of pyridine rings is 1. The van der Waals surface area contributed by atoms with E-state index in [0.29, 0.717) is 11.9 Å². The van der Waals surface area contributed by atoms with E-state index in [9.17, 15) is 4.39 Å². The second-order valence-electron chi connectivity index (χ2n) is 5.54. The lowest BCUT2D eigenvalue weighted by Gasteiger charge is -2.12. The molecule has 21 heavy (non-hydrogen) atoms. The monoisotopic (exact) mass is 288 g/mol. The van der Waals surface area contributed by atoms with E-state index in [4.69, 9.17) is 4.74 Å². The molecule has 1 aromatic carbocycles. The second kappa shape index (κ2) is 6.68. The van der Waals surface area contributed by atoms with Gasteiger partial charge in [0.1, 0.15) is 0 Å². The van der Waals surface area contributed by atoms with Gasteiger partial charge in [0.15, 0.2) is 11.6 Å². The van der Waals surface area contributed by atoms with E-state index >= 15 is 0 Å². The highest BCUT2D eigenvalue weighted by Gasteiger charge is 2.09. The maximum Gasteiger partial charge on any atom is 0.222 e. The van der Waals surface area contributed by atoms with Crippen LogP contribution in [-0.4, -0.2) is 11.0 Å². The second-order valence-corrected chi connectivity index (χ2v) is 5.54. The normalized spacial score (nSPS) is 11.0. The van der Waals surface area contributed by atoms with Crippen LogP contribution in [0.15, 0.2) is 30.5 Å². The van der Waals surface area contributed by atoms with E-state index in [1.165, 1.54) is 6.07 Å². The molecule has 0 saturated carbocycles. The smallest absolute Gasteiger partial charge is 0.222 e. The van der Waals surface area contributed by atoms with Gasteiger partial charge < -0.3 is 10.1 Å². The number of nitrogens with zero attached hydrogens (tertiary/aromatic N) is 1. The standard InChI is InChI=1S/C17H21FN2O/c1-11(2)19-9-14-8-13(4)17(20-10-14)21-16-7-12(3)5-6-15(16)18/h5-8,10-11,19H,9H2,1-4H3. The molecule has 0 saturated heterocycles. The maximum absolute atomic E-state index is 13.7. The van der Waals surface area contributed by atoms with Gasteiger partial charge in [-0.15, -0.1) is 0 Å². The molecule has 0 spiro atoms. The Labute approximate surface area is 125 Å². The molecule has 2 rings (SSSR count). The van der Waals surface area contributed by atoms with Crippen LogP contribution in [0, 0.1) is 19.7 Å². The molecule has 0 fully saturated rings. The van der Waals surface area contributed by atoms with Crippen LogP contribution in [0.1, 0.15) is 30.5 Å². The molecular formula is C17H21FN2O. The number of benzene rings is 1. The van der Waals surface area contributed by atoms with Crippen molar-refractivity contribution in [2.75, 3.05) is 0 Å². The summed E-state index contributed by atoms with van der Waals surface area (Å²) in [7, 11) is 0. The van der Waals surface area contributed by atoms with Gasteiger partial charge in [0.25, 0.3) is 0 Å². The van der Waals surface area contributed by atoms with Crippen molar-refractivity contribution in [3.8, 4) is 11.6 Å². The summed E-state index contributed by atoms with van der Waals surface area (Å²) in [4.78, 5) is 4.29. The molecule has 0 bridgehead atoms. The molecule has 3 nitrogen and oxygen atoms in total. The van der Waals surface area contributed by atoms with Gasteiger partial charge in [0.2, 0.25) is 5.88 Å². The van der Waals surface area contributed by atoms with E-state index in [2.05, 4.69) is 24.1 Å². The molecule has 0 atom stereocenters. The minimum absolute atomic E-state index is 0.207. The third-order valence-electron chi connectivity index (χ3n) is 3.09. The van der Waals surface area contributed by atoms with Gasteiger partial charge in [-0.25, -0.2) is 9.37 Å². The quantitative estimate of drug-likeness (QED) is 0.898. The number of hydrogen-bond donors (Lipinski definition) is 1. The Hall–Kier alpha value is -1.94. The molecule has 1 N–H and O–H groups in total. The minimum Gasteiger partial charge on any atom is -0.436 e. The Morgan fingerprint density at radius 1 is 1.24 bits per heavy atom.